The second-order valence-electron chi connectivity index (χ2n) is 5.48. The van der Waals surface area contributed by atoms with Gasteiger partial charge in [0.15, 0.2) is 5.69 Å². The molecule has 0 atom stereocenters. The van der Waals surface area contributed by atoms with Gasteiger partial charge in [-0.1, -0.05) is 22.9 Å². The molecular formula is C15H11Br3N4O6. The predicted octanol–water partition coefficient (Wildman–Crippen LogP) is 6.25. The first-order chi connectivity index (χ1) is 13.1. The number of nitro groups is 3. The summed E-state index contributed by atoms with van der Waals surface area (Å²) in [5, 5.41) is 34.4. The number of non-ortho nitro benzene ring substituents is 1. The molecule has 28 heavy (non-hydrogen) atoms. The lowest BCUT2D eigenvalue weighted by Crippen LogP contribution is -2.21. The van der Waals surface area contributed by atoms with Gasteiger partial charge in [0.25, 0.3) is 5.69 Å². The molecule has 0 amide bonds. The van der Waals surface area contributed by atoms with E-state index in [4.69, 9.17) is 0 Å². The van der Waals surface area contributed by atoms with Crippen LogP contribution in [0.4, 0.5) is 28.4 Å². The largest absolute Gasteiger partial charge is 0.329 e. The van der Waals surface area contributed by atoms with Crippen LogP contribution in [-0.2, 0) is 0 Å². The van der Waals surface area contributed by atoms with Crippen LogP contribution in [0.2, 0.25) is 0 Å². The zero-order valence-electron chi connectivity index (χ0n) is 14.1. The fourth-order valence-electron chi connectivity index (χ4n) is 2.57. The summed E-state index contributed by atoms with van der Waals surface area (Å²) in [6.07, 6.45) is 0.502. The number of benzene rings is 2. The predicted molar refractivity (Wildman–Crippen MR) is 113 cm³/mol. The first-order valence-electron chi connectivity index (χ1n) is 7.61. The van der Waals surface area contributed by atoms with E-state index >= 15 is 0 Å². The van der Waals surface area contributed by atoms with Crippen LogP contribution in [0.15, 0.2) is 37.7 Å². The lowest BCUT2D eigenvalue weighted by molar-refractivity contribution is -0.402. The Bertz CT molecular complexity index is 949. The second kappa shape index (κ2) is 8.92. The lowest BCUT2D eigenvalue weighted by Gasteiger charge is -2.25. The minimum atomic E-state index is -0.903. The molecule has 0 unspecified atom stereocenters. The highest BCUT2D eigenvalue weighted by atomic mass is 79.9. The summed E-state index contributed by atoms with van der Waals surface area (Å²) in [7, 11) is 0. The van der Waals surface area contributed by atoms with Crippen molar-refractivity contribution < 1.29 is 14.8 Å². The van der Waals surface area contributed by atoms with E-state index < -0.39 is 31.8 Å². The van der Waals surface area contributed by atoms with Crippen LogP contribution < -0.4 is 4.90 Å². The molecule has 0 bridgehead atoms. The maximum absolute atomic E-state index is 11.6. The van der Waals surface area contributed by atoms with Gasteiger partial charge in [-0.2, -0.15) is 0 Å². The molecule has 2 aromatic carbocycles. The van der Waals surface area contributed by atoms with Gasteiger partial charge in [-0.3, -0.25) is 30.3 Å². The van der Waals surface area contributed by atoms with Gasteiger partial charge in [0, 0.05) is 15.5 Å². The fraction of sp³-hybridized carbons (Fsp3) is 0.200. The maximum atomic E-state index is 11.6. The van der Waals surface area contributed by atoms with E-state index in [0.717, 1.165) is 12.1 Å². The van der Waals surface area contributed by atoms with Gasteiger partial charge in [-0.15, -0.1) is 0 Å². The van der Waals surface area contributed by atoms with Crippen molar-refractivity contribution in [1.29, 1.82) is 0 Å². The zero-order chi connectivity index (χ0) is 21.2. The summed E-state index contributed by atoms with van der Waals surface area (Å²) in [5.41, 5.74) is -2.08. The topological polar surface area (TPSA) is 133 Å². The second-order valence-corrected chi connectivity index (χ2v) is 8.04. The minimum absolute atomic E-state index is 0.195. The van der Waals surface area contributed by atoms with Crippen molar-refractivity contribution in [1.82, 2.24) is 0 Å². The molecule has 2 aromatic rings. The van der Waals surface area contributed by atoms with E-state index in [1.807, 2.05) is 0 Å². The first-order valence-corrected chi connectivity index (χ1v) is 9.99. The Balaban J connectivity index is 2.93. The van der Waals surface area contributed by atoms with Crippen molar-refractivity contribution in [2.75, 3.05) is 11.4 Å². The molecule has 2 rings (SSSR count). The number of nitro benzene ring substituents is 3. The average Bonchev–Trinajstić information content (AvgIpc) is 2.61. The molecule has 0 N–H and O–H groups in total. The van der Waals surface area contributed by atoms with Gasteiger partial charge in [0.2, 0.25) is 0 Å². The van der Waals surface area contributed by atoms with Crippen molar-refractivity contribution in [2.45, 2.75) is 13.3 Å². The standard InChI is InChI=1S/C15H11Br3N4O6/c1-2-3-19(11-5-8(16)4-10(17)14(11)18)15-12(21(25)26)6-9(20(23)24)7-13(15)22(27)28/h4-7H,2-3H2,1H3. The summed E-state index contributed by atoms with van der Waals surface area (Å²) in [5.74, 6) is 0. The Morgan fingerprint density at radius 1 is 0.893 bits per heavy atom. The van der Waals surface area contributed by atoms with Gasteiger partial charge in [0.05, 0.1) is 37.1 Å². The maximum Gasteiger partial charge on any atom is 0.306 e. The smallest absolute Gasteiger partial charge is 0.306 e. The van der Waals surface area contributed by atoms with Crippen molar-refractivity contribution in [3.05, 3.63) is 68.0 Å². The van der Waals surface area contributed by atoms with Crippen molar-refractivity contribution in [3.63, 3.8) is 0 Å². The molecule has 0 saturated heterocycles. The summed E-state index contributed by atoms with van der Waals surface area (Å²) in [6, 6.07) is 4.83. The van der Waals surface area contributed by atoms with Crippen molar-refractivity contribution in [2.24, 2.45) is 0 Å². The summed E-state index contributed by atoms with van der Waals surface area (Å²) in [4.78, 5) is 33.1. The van der Waals surface area contributed by atoms with Gasteiger partial charge in [-0.25, -0.2) is 0 Å². The van der Waals surface area contributed by atoms with E-state index in [1.54, 1.807) is 19.1 Å². The Kier molecular flexibility index (Phi) is 7.06. The van der Waals surface area contributed by atoms with Gasteiger partial charge >= 0.3 is 11.4 Å². The zero-order valence-corrected chi connectivity index (χ0v) is 18.9. The van der Waals surface area contributed by atoms with E-state index in [2.05, 4.69) is 47.8 Å². The van der Waals surface area contributed by atoms with Crippen LogP contribution in [0.3, 0.4) is 0 Å². The van der Waals surface area contributed by atoms with Crippen LogP contribution in [0.25, 0.3) is 0 Å². The number of nitrogens with zero attached hydrogens (tertiary/aromatic N) is 4. The normalized spacial score (nSPS) is 10.6. The summed E-state index contributed by atoms with van der Waals surface area (Å²) < 4.78 is 1.77. The molecule has 148 valence electrons. The minimum Gasteiger partial charge on any atom is -0.329 e. The fourth-order valence-corrected chi connectivity index (χ4v) is 4.21. The van der Waals surface area contributed by atoms with E-state index in [9.17, 15) is 30.3 Å². The van der Waals surface area contributed by atoms with Crippen LogP contribution in [0.5, 0.6) is 0 Å². The quantitative estimate of drug-likeness (QED) is 0.214. The van der Waals surface area contributed by atoms with E-state index in [0.29, 0.717) is 25.5 Å². The number of hydrogen-bond donors (Lipinski definition) is 0. The molecular weight excluding hydrogens is 572 g/mol. The third kappa shape index (κ3) is 4.47. The average molecular weight is 583 g/mol. The van der Waals surface area contributed by atoms with Crippen molar-refractivity contribution >= 4 is 76.2 Å². The molecule has 0 heterocycles. The Morgan fingerprint density at radius 2 is 1.43 bits per heavy atom. The highest BCUT2D eigenvalue weighted by Gasteiger charge is 2.35. The molecule has 0 saturated carbocycles. The molecule has 0 aliphatic carbocycles. The van der Waals surface area contributed by atoms with Crippen LogP contribution in [0, 0.1) is 30.3 Å². The third-order valence-electron chi connectivity index (χ3n) is 3.64. The Labute approximate surface area is 183 Å². The SMILES string of the molecule is CCCN(c1cc(Br)cc(Br)c1Br)c1c([N+](=O)[O-])cc([N+](=O)[O-])cc1[N+](=O)[O-]. The van der Waals surface area contributed by atoms with Gasteiger partial charge in [0.1, 0.15) is 0 Å². The molecule has 0 spiro atoms. The highest BCUT2D eigenvalue weighted by molar-refractivity contribution is 9.13. The summed E-state index contributed by atoms with van der Waals surface area (Å²) >= 11 is 10.1. The summed E-state index contributed by atoms with van der Waals surface area (Å²) in [6.45, 7) is 2.00. The molecule has 0 radical (unpaired) electrons. The molecule has 0 aliphatic heterocycles. The van der Waals surface area contributed by atoms with Crippen LogP contribution in [-0.4, -0.2) is 21.3 Å². The van der Waals surface area contributed by atoms with E-state index in [-0.39, 0.29) is 12.2 Å². The van der Waals surface area contributed by atoms with Crippen molar-refractivity contribution in [3.8, 4) is 0 Å². The molecule has 0 fully saturated rings. The molecule has 0 aliphatic rings. The van der Waals surface area contributed by atoms with Gasteiger partial charge in [-0.05, 0) is 50.4 Å². The van der Waals surface area contributed by atoms with Gasteiger partial charge < -0.3 is 4.90 Å². The highest BCUT2D eigenvalue weighted by Crippen LogP contribution is 2.47. The van der Waals surface area contributed by atoms with E-state index in [1.165, 1.54) is 4.90 Å². The first kappa shape index (κ1) is 22.2. The molecule has 0 aromatic heterocycles. The number of halogens is 3. The van der Waals surface area contributed by atoms with Crippen LogP contribution in [0.1, 0.15) is 13.3 Å². The number of rotatable bonds is 7. The lowest BCUT2D eigenvalue weighted by atomic mass is 10.1. The Hall–Kier alpha value is -2.12. The monoisotopic (exact) mass is 580 g/mol. The number of hydrogen-bond acceptors (Lipinski definition) is 7. The van der Waals surface area contributed by atoms with Crippen LogP contribution >= 0.6 is 47.8 Å². The Morgan fingerprint density at radius 3 is 1.86 bits per heavy atom. The molecule has 13 heteroatoms. The number of anilines is 2. The third-order valence-corrected chi connectivity index (χ3v) is 6.09. The molecule has 10 nitrogen and oxygen atoms in total.